The Bertz CT molecular complexity index is 1100. The number of rotatable bonds is 8. The molecule has 3 aromatic rings. The molecule has 0 atom stereocenters. The van der Waals surface area contributed by atoms with Crippen LogP contribution in [0.15, 0.2) is 38.9 Å². The zero-order valence-corrected chi connectivity index (χ0v) is 18.1. The minimum Gasteiger partial charge on any atom is -0.494 e. The molecule has 0 N–H and O–H groups in total. The fraction of sp³-hybridized carbons (Fsp3) is 0.353. The fourth-order valence-corrected chi connectivity index (χ4v) is 6.23. The maximum absolute atomic E-state index is 12.7. The van der Waals surface area contributed by atoms with Crippen molar-refractivity contribution in [2.24, 2.45) is 4.40 Å². The summed E-state index contributed by atoms with van der Waals surface area (Å²) >= 11 is 8.17. The van der Waals surface area contributed by atoms with Gasteiger partial charge >= 0.3 is 0 Å². The van der Waals surface area contributed by atoms with Crippen molar-refractivity contribution in [1.29, 1.82) is 0 Å². The van der Waals surface area contributed by atoms with Gasteiger partial charge < -0.3 is 14.0 Å². The molecule has 0 bridgehead atoms. The summed E-state index contributed by atoms with van der Waals surface area (Å²) in [7, 11) is -3.84. The van der Waals surface area contributed by atoms with Crippen LogP contribution >= 0.6 is 34.3 Å². The lowest BCUT2D eigenvalue weighted by atomic mass is 10.3. The van der Waals surface area contributed by atoms with E-state index in [1.807, 2.05) is 36.6 Å². The fourth-order valence-electron chi connectivity index (χ4n) is 2.48. The summed E-state index contributed by atoms with van der Waals surface area (Å²) in [6.07, 6.45) is 0. The van der Waals surface area contributed by atoms with E-state index in [9.17, 15) is 8.42 Å². The lowest BCUT2D eigenvalue weighted by molar-refractivity contribution is 0.139. The number of thiazole rings is 1. The highest BCUT2D eigenvalue weighted by molar-refractivity contribution is 7.92. The molecule has 0 fully saturated rings. The van der Waals surface area contributed by atoms with E-state index in [0.29, 0.717) is 35.5 Å². The van der Waals surface area contributed by atoms with E-state index in [0.717, 1.165) is 27.3 Å². The Morgan fingerprint density at radius 1 is 1.15 bits per heavy atom. The first-order chi connectivity index (χ1) is 12.9. The second-order valence-electron chi connectivity index (χ2n) is 5.42. The second-order valence-corrected chi connectivity index (χ2v) is 9.98. The molecule has 3 rings (SSSR count). The van der Waals surface area contributed by atoms with Crippen LogP contribution in [0.25, 0.3) is 10.2 Å². The number of benzene rings is 1. The molecule has 0 aliphatic rings. The Kier molecular flexibility index (Phi) is 6.59. The number of thiophene rings is 1. The van der Waals surface area contributed by atoms with Crippen LogP contribution in [0.5, 0.6) is 5.75 Å². The summed E-state index contributed by atoms with van der Waals surface area (Å²) in [6, 6.07) is 8.70. The predicted molar refractivity (Wildman–Crippen MR) is 110 cm³/mol. The van der Waals surface area contributed by atoms with Gasteiger partial charge in [0.15, 0.2) is 0 Å². The number of fused-ring (bicyclic) bond motifs is 1. The van der Waals surface area contributed by atoms with Crippen molar-refractivity contribution < 1.29 is 17.9 Å². The number of sulfonamides is 1. The third-order valence-corrected chi connectivity index (χ3v) is 7.75. The average Bonchev–Trinajstić information content (AvgIpc) is 3.19. The highest BCUT2D eigenvalue weighted by Crippen LogP contribution is 2.28. The van der Waals surface area contributed by atoms with Crippen LogP contribution < -0.4 is 9.54 Å². The topological polar surface area (TPSA) is 69.9 Å². The number of hydrogen-bond acceptors (Lipinski definition) is 6. The summed E-state index contributed by atoms with van der Waals surface area (Å²) in [5, 5.41) is 0. The molecule has 0 aliphatic heterocycles. The summed E-state index contributed by atoms with van der Waals surface area (Å²) in [5.74, 6) is 0.739. The predicted octanol–water partition coefficient (Wildman–Crippen LogP) is 4.14. The van der Waals surface area contributed by atoms with E-state index in [1.165, 1.54) is 17.4 Å². The van der Waals surface area contributed by atoms with E-state index in [1.54, 1.807) is 6.07 Å². The second kappa shape index (κ2) is 8.74. The Morgan fingerprint density at radius 2 is 1.96 bits per heavy atom. The molecule has 1 aromatic carbocycles. The van der Waals surface area contributed by atoms with Crippen molar-refractivity contribution in [3.8, 4) is 5.75 Å². The summed E-state index contributed by atoms with van der Waals surface area (Å²) in [6.45, 7) is 5.96. The van der Waals surface area contributed by atoms with Gasteiger partial charge in [-0.2, -0.15) is 8.42 Å². The first-order valence-electron chi connectivity index (χ1n) is 8.35. The van der Waals surface area contributed by atoms with E-state index in [4.69, 9.17) is 21.1 Å². The van der Waals surface area contributed by atoms with Gasteiger partial charge in [0.25, 0.3) is 10.0 Å². The Balaban J connectivity index is 2.12. The van der Waals surface area contributed by atoms with Crippen LogP contribution in [0.4, 0.5) is 0 Å². The van der Waals surface area contributed by atoms with E-state index in [2.05, 4.69) is 4.40 Å². The van der Waals surface area contributed by atoms with Crippen LogP contribution in [-0.2, 0) is 21.3 Å². The normalized spacial score (nSPS) is 12.8. The average molecular weight is 447 g/mol. The quantitative estimate of drug-likeness (QED) is 0.487. The van der Waals surface area contributed by atoms with E-state index in [-0.39, 0.29) is 4.21 Å². The van der Waals surface area contributed by atoms with Crippen LogP contribution in [0, 0.1) is 0 Å². The highest BCUT2D eigenvalue weighted by Gasteiger charge is 2.17. The molecule has 0 unspecified atom stereocenters. The van der Waals surface area contributed by atoms with Gasteiger partial charge in [0, 0.05) is 13.2 Å². The van der Waals surface area contributed by atoms with Crippen molar-refractivity contribution in [2.75, 3.05) is 19.8 Å². The molecule has 0 saturated carbocycles. The van der Waals surface area contributed by atoms with Crippen molar-refractivity contribution in [1.82, 2.24) is 4.57 Å². The monoisotopic (exact) mass is 446 g/mol. The number of hydrogen-bond donors (Lipinski definition) is 0. The summed E-state index contributed by atoms with van der Waals surface area (Å²) < 4.78 is 43.7. The number of ether oxygens (including phenoxy) is 2. The molecule has 0 spiro atoms. The number of aromatic nitrogens is 1. The standard InChI is InChI=1S/C17H19ClN2O4S3/c1-3-23-10-9-20-13-6-5-12(24-4-2)11-14(13)25-17(20)19-27(21,22)16-8-7-15(18)26-16/h5-8,11H,3-4,9-10H2,1-2H3. The van der Waals surface area contributed by atoms with E-state index >= 15 is 0 Å². The molecular formula is C17H19ClN2O4S3. The Labute approximate surface area is 170 Å². The van der Waals surface area contributed by atoms with Gasteiger partial charge in [-0.25, -0.2) is 0 Å². The van der Waals surface area contributed by atoms with Gasteiger partial charge in [0.2, 0.25) is 4.80 Å². The zero-order chi connectivity index (χ0) is 19.4. The van der Waals surface area contributed by atoms with Crippen LogP contribution in [0.2, 0.25) is 4.34 Å². The molecule has 0 aliphatic carbocycles. The van der Waals surface area contributed by atoms with Crippen LogP contribution in [0.3, 0.4) is 0 Å². The van der Waals surface area contributed by atoms with Crippen LogP contribution in [0.1, 0.15) is 13.8 Å². The summed E-state index contributed by atoms with van der Waals surface area (Å²) in [4.78, 5) is 0.392. The Morgan fingerprint density at radius 3 is 2.63 bits per heavy atom. The lowest BCUT2D eigenvalue weighted by Crippen LogP contribution is -2.19. The van der Waals surface area contributed by atoms with Crippen molar-refractivity contribution in [2.45, 2.75) is 24.6 Å². The third kappa shape index (κ3) is 4.72. The molecule has 6 nitrogen and oxygen atoms in total. The van der Waals surface area contributed by atoms with Gasteiger partial charge in [-0.05, 0) is 44.2 Å². The highest BCUT2D eigenvalue weighted by atomic mass is 35.5. The first kappa shape index (κ1) is 20.3. The Hall–Kier alpha value is -1.39. The van der Waals surface area contributed by atoms with Gasteiger partial charge in [0.1, 0.15) is 9.96 Å². The lowest BCUT2D eigenvalue weighted by Gasteiger charge is -2.06. The zero-order valence-electron chi connectivity index (χ0n) is 14.8. The number of halogens is 1. The van der Waals surface area contributed by atoms with Crippen molar-refractivity contribution in [3.63, 3.8) is 0 Å². The molecule has 2 heterocycles. The SMILES string of the molecule is CCOCCn1c(=NS(=O)(=O)c2ccc(Cl)s2)sc2cc(OCC)ccc21. The largest absolute Gasteiger partial charge is 0.494 e. The maximum atomic E-state index is 12.7. The maximum Gasteiger partial charge on any atom is 0.294 e. The molecule has 0 saturated heterocycles. The molecule has 10 heteroatoms. The minimum atomic E-state index is -3.84. The molecule has 146 valence electrons. The molecule has 2 aromatic heterocycles. The smallest absolute Gasteiger partial charge is 0.294 e. The van der Waals surface area contributed by atoms with Gasteiger partial charge in [0.05, 0.1) is 27.8 Å². The van der Waals surface area contributed by atoms with Gasteiger partial charge in [-0.15, -0.1) is 15.7 Å². The molecular weight excluding hydrogens is 428 g/mol. The third-order valence-electron chi connectivity index (χ3n) is 3.63. The summed E-state index contributed by atoms with van der Waals surface area (Å²) in [5.41, 5.74) is 0.890. The van der Waals surface area contributed by atoms with Crippen LogP contribution in [-0.4, -0.2) is 32.8 Å². The van der Waals surface area contributed by atoms with Gasteiger partial charge in [-0.1, -0.05) is 22.9 Å². The molecule has 27 heavy (non-hydrogen) atoms. The molecule has 0 radical (unpaired) electrons. The van der Waals surface area contributed by atoms with E-state index < -0.39 is 10.0 Å². The van der Waals surface area contributed by atoms with Crippen molar-refractivity contribution in [3.05, 3.63) is 39.5 Å². The minimum absolute atomic E-state index is 0.122. The number of nitrogens with zero attached hydrogens (tertiary/aromatic N) is 2. The van der Waals surface area contributed by atoms with Gasteiger partial charge in [-0.3, -0.25) is 0 Å². The first-order valence-corrected chi connectivity index (χ1v) is 11.8. The van der Waals surface area contributed by atoms with Crippen molar-refractivity contribution >= 4 is 54.5 Å². The molecule has 0 amide bonds.